The van der Waals surface area contributed by atoms with E-state index in [0.29, 0.717) is 10.7 Å². The van der Waals surface area contributed by atoms with Gasteiger partial charge in [-0.05, 0) is 38.8 Å². The van der Waals surface area contributed by atoms with Crippen LogP contribution in [-0.4, -0.2) is 29.2 Å². The van der Waals surface area contributed by atoms with E-state index in [2.05, 4.69) is 42.2 Å². The molecule has 7 nitrogen and oxygen atoms in total. The molecule has 0 aliphatic carbocycles. The normalized spacial score (nSPS) is 10.8. The third-order valence-electron chi connectivity index (χ3n) is 4.45. The molecule has 0 bridgehead atoms. The lowest BCUT2D eigenvalue weighted by Gasteiger charge is -1.97. The number of rotatable bonds is 0. The van der Waals surface area contributed by atoms with Crippen LogP contribution in [0.5, 0.6) is 0 Å². The van der Waals surface area contributed by atoms with Gasteiger partial charge in [-0.3, -0.25) is 0 Å². The van der Waals surface area contributed by atoms with Crippen LogP contribution in [0.4, 0.5) is 5.95 Å². The standard InChI is InChI=1S/C10H6BrN3.C10H8N4.CH3/c2*11-10-12-9-8-4-2-1-3-7(8)5-6-14(9)13-10;/h1-6H;1-6H,(H2,11,13);1H3/q;;-1. The number of benzene rings is 2. The van der Waals surface area contributed by atoms with Gasteiger partial charge < -0.3 is 13.2 Å². The molecule has 0 saturated heterocycles. The smallest absolute Gasteiger partial charge is 0.240 e. The molecule has 0 unspecified atom stereocenters. The number of nitrogens with zero attached hydrogens (tertiary/aromatic N) is 6. The Bertz CT molecular complexity index is 1340. The Morgan fingerprint density at radius 2 is 1.21 bits per heavy atom. The fraction of sp³-hybridized carbons (Fsp3) is 0. The number of aromatic nitrogens is 6. The Kier molecular flexibility index (Phi) is 4.85. The summed E-state index contributed by atoms with van der Waals surface area (Å²) in [6.07, 6.45) is 3.77. The Balaban J connectivity index is 0.000000137. The van der Waals surface area contributed by atoms with E-state index in [1.54, 1.807) is 9.03 Å². The van der Waals surface area contributed by atoms with Crippen molar-refractivity contribution in [2.24, 2.45) is 0 Å². The number of hydrogen-bond donors (Lipinski definition) is 1. The van der Waals surface area contributed by atoms with Gasteiger partial charge in [0, 0.05) is 23.2 Å². The molecule has 0 radical (unpaired) electrons. The first-order valence-electron chi connectivity index (χ1n) is 8.58. The third-order valence-corrected chi connectivity index (χ3v) is 4.78. The second-order valence-corrected chi connectivity index (χ2v) is 6.90. The fourth-order valence-corrected chi connectivity index (χ4v) is 3.54. The highest BCUT2D eigenvalue weighted by atomic mass is 79.9. The minimum atomic E-state index is 0. The molecule has 0 saturated carbocycles. The van der Waals surface area contributed by atoms with E-state index in [1.165, 1.54) is 5.39 Å². The number of hydrogen-bond acceptors (Lipinski definition) is 5. The summed E-state index contributed by atoms with van der Waals surface area (Å²) in [5.74, 6) is 0.307. The van der Waals surface area contributed by atoms with Crippen molar-refractivity contribution in [2.75, 3.05) is 5.73 Å². The molecule has 0 fully saturated rings. The van der Waals surface area contributed by atoms with Crippen molar-refractivity contribution < 1.29 is 0 Å². The predicted octanol–water partition coefficient (Wildman–Crippen LogP) is 4.56. The second kappa shape index (κ2) is 7.48. The average Bonchev–Trinajstić information content (AvgIpc) is 3.30. The molecule has 0 aliphatic rings. The van der Waals surface area contributed by atoms with E-state index in [-0.39, 0.29) is 7.43 Å². The highest BCUT2D eigenvalue weighted by Gasteiger charge is 2.04. The van der Waals surface area contributed by atoms with Crippen LogP contribution in [0.2, 0.25) is 0 Å². The number of fused-ring (bicyclic) bond motifs is 6. The van der Waals surface area contributed by atoms with Crippen LogP contribution < -0.4 is 5.73 Å². The molecule has 0 spiro atoms. The average molecular weight is 447 g/mol. The minimum Gasteiger partial charge on any atom is -0.366 e. The first-order chi connectivity index (χ1) is 13.7. The van der Waals surface area contributed by atoms with Crippen LogP contribution in [0.15, 0.2) is 77.8 Å². The number of halogens is 1. The van der Waals surface area contributed by atoms with Crippen LogP contribution in [0.1, 0.15) is 0 Å². The van der Waals surface area contributed by atoms with Crippen LogP contribution in [0, 0.1) is 7.43 Å². The number of pyridine rings is 2. The topological polar surface area (TPSA) is 86.4 Å². The van der Waals surface area contributed by atoms with Gasteiger partial charge in [0.2, 0.25) is 10.7 Å². The predicted molar refractivity (Wildman–Crippen MR) is 120 cm³/mol. The lowest BCUT2D eigenvalue weighted by atomic mass is 10.2. The summed E-state index contributed by atoms with van der Waals surface area (Å²) in [7, 11) is 0. The van der Waals surface area contributed by atoms with Crippen molar-refractivity contribution in [1.82, 2.24) is 29.2 Å². The molecule has 0 amide bonds. The van der Waals surface area contributed by atoms with E-state index in [1.807, 2.05) is 67.0 Å². The lowest BCUT2D eigenvalue weighted by Crippen LogP contribution is -1.88. The van der Waals surface area contributed by atoms with Crippen LogP contribution in [0.25, 0.3) is 32.8 Å². The van der Waals surface area contributed by atoms with Gasteiger partial charge in [-0.25, -0.2) is 14.0 Å². The molecule has 2 aromatic carbocycles. The maximum atomic E-state index is 5.54. The van der Waals surface area contributed by atoms with Gasteiger partial charge >= 0.3 is 0 Å². The van der Waals surface area contributed by atoms with Crippen molar-refractivity contribution in [2.45, 2.75) is 0 Å². The highest BCUT2D eigenvalue weighted by Crippen LogP contribution is 2.19. The highest BCUT2D eigenvalue weighted by molar-refractivity contribution is 9.10. The summed E-state index contributed by atoms with van der Waals surface area (Å²) in [5.41, 5.74) is 7.23. The van der Waals surface area contributed by atoms with Crippen molar-refractivity contribution >= 4 is 54.7 Å². The Labute approximate surface area is 174 Å². The van der Waals surface area contributed by atoms with Gasteiger partial charge in [-0.15, -0.1) is 10.2 Å². The molecule has 6 rings (SSSR count). The summed E-state index contributed by atoms with van der Waals surface area (Å²) in [6.45, 7) is 0. The molecular weight excluding hydrogens is 430 g/mol. The summed E-state index contributed by atoms with van der Waals surface area (Å²) in [4.78, 5) is 8.48. The van der Waals surface area contributed by atoms with Crippen LogP contribution in [0.3, 0.4) is 0 Å². The van der Waals surface area contributed by atoms with Gasteiger partial charge in [0.1, 0.15) is 0 Å². The molecule has 0 atom stereocenters. The van der Waals surface area contributed by atoms with E-state index >= 15 is 0 Å². The largest absolute Gasteiger partial charge is 0.366 e. The zero-order chi connectivity index (χ0) is 19.1. The van der Waals surface area contributed by atoms with Crippen LogP contribution in [-0.2, 0) is 0 Å². The van der Waals surface area contributed by atoms with Gasteiger partial charge in [-0.1, -0.05) is 48.5 Å². The SMILES string of the molecule is Brc1nc2c3ccccc3ccn2n1.Nc1nc2c3ccccc3ccn2n1.[CH3-]. The van der Waals surface area contributed by atoms with Crippen LogP contribution >= 0.6 is 15.9 Å². The summed E-state index contributed by atoms with van der Waals surface area (Å²) in [5, 5.41) is 12.7. The molecule has 4 heterocycles. The fourth-order valence-electron chi connectivity index (χ4n) is 3.21. The maximum Gasteiger partial charge on any atom is 0.240 e. The van der Waals surface area contributed by atoms with Crippen molar-refractivity contribution in [3.8, 4) is 0 Å². The molecule has 0 aliphatic heterocycles. The van der Waals surface area contributed by atoms with E-state index in [4.69, 9.17) is 5.73 Å². The zero-order valence-electron chi connectivity index (χ0n) is 15.6. The van der Waals surface area contributed by atoms with E-state index < -0.39 is 0 Å². The molecule has 29 heavy (non-hydrogen) atoms. The third kappa shape index (κ3) is 3.38. The van der Waals surface area contributed by atoms with Gasteiger partial charge in [0.05, 0.1) is 0 Å². The second-order valence-electron chi connectivity index (χ2n) is 6.19. The van der Waals surface area contributed by atoms with Gasteiger partial charge in [-0.2, -0.15) is 4.98 Å². The Morgan fingerprint density at radius 3 is 1.83 bits per heavy atom. The maximum absolute atomic E-state index is 5.54. The van der Waals surface area contributed by atoms with Gasteiger partial charge in [0.25, 0.3) is 0 Å². The summed E-state index contributed by atoms with van der Waals surface area (Å²) >= 11 is 3.27. The molecule has 6 aromatic rings. The monoisotopic (exact) mass is 446 g/mol. The Hall–Kier alpha value is -3.52. The van der Waals surface area contributed by atoms with Gasteiger partial charge in [0.15, 0.2) is 11.3 Å². The molecular formula is C21H17BrN7-. The quantitative estimate of drug-likeness (QED) is 0.345. The first kappa shape index (κ1) is 18.8. The Morgan fingerprint density at radius 1 is 0.690 bits per heavy atom. The number of nitrogen functional groups attached to an aromatic ring is 1. The van der Waals surface area contributed by atoms with Crippen molar-refractivity contribution in [3.63, 3.8) is 0 Å². The molecule has 4 aromatic heterocycles. The summed E-state index contributed by atoms with van der Waals surface area (Å²) < 4.78 is 4.08. The number of nitrogens with two attached hydrogens (primary N) is 1. The minimum absolute atomic E-state index is 0. The lowest BCUT2D eigenvalue weighted by molar-refractivity contribution is 0.950. The zero-order valence-corrected chi connectivity index (χ0v) is 17.2. The molecule has 8 heteroatoms. The summed E-state index contributed by atoms with van der Waals surface area (Å²) in [6, 6.07) is 20.2. The van der Waals surface area contributed by atoms with Crippen molar-refractivity contribution in [3.05, 3.63) is 85.2 Å². The van der Waals surface area contributed by atoms with E-state index in [9.17, 15) is 0 Å². The van der Waals surface area contributed by atoms with Crippen molar-refractivity contribution in [1.29, 1.82) is 0 Å². The molecule has 144 valence electrons. The van der Waals surface area contributed by atoms with E-state index in [0.717, 1.165) is 27.5 Å². The molecule has 2 N–H and O–H groups in total. The number of anilines is 1. The first-order valence-corrected chi connectivity index (χ1v) is 9.37.